The molecule has 0 amide bonds. The minimum absolute atomic E-state index is 0.738. The van der Waals surface area contributed by atoms with E-state index in [0.29, 0.717) is 0 Å². The Morgan fingerprint density at radius 2 is 2.28 bits per heavy atom. The van der Waals surface area contributed by atoms with E-state index in [-0.39, 0.29) is 0 Å². The number of halogens is 1. The van der Waals surface area contributed by atoms with Crippen molar-refractivity contribution in [3.63, 3.8) is 0 Å². The van der Waals surface area contributed by atoms with Gasteiger partial charge in [0.1, 0.15) is 5.75 Å². The Hall–Kier alpha value is -1.40. The van der Waals surface area contributed by atoms with Crippen LogP contribution in [0.1, 0.15) is 12.6 Å². The van der Waals surface area contributed by atoms with Gasteiger partial charge in [0, 0.05) is 12.6 Å². The van der Waals surface area contributed by atoms with Crippen LogP contribution >= 0.6 is 15.9 Å². The van der Waals surface area contributed by atoms with Crippen LogP contribution in [0, 0.1) is 0 Å². The number of benzene rings is 1. The average molecular weight is 311 g/mol. The first-order valence-corrected chi connectivity index (χ1v) is 6.49. The molecule has 0 aliphatic rings. The molecule has 0 radical (unpaired) electrons. The summed E-state index contributed by atoms with van der Waals surface area (Å²) in [6.45, 7) is 3.72. The predicted octanol–water partition coefficient (Wildman–Crippen LogP) is 2.15. The molecular weight excluding hydrogens is 296 g/mol. The number of rotatable bonds is 5. The van der Waals surface area contributed by atoms with Gasteiger partial charge in [0.2, 0.25) is 0 Å². The molecule has 1 heterocycles. The molecule has 2 aromatic rings. The molecule has 2 rings (SSSR count). The summed E-state index contributed by atoms with van der Waals surface area (Å²) in [7, 11) is 1.64. The molecule has 0 saturated carbocycles. The van der Waals surface area contributed by atoms with Crippen molar-refractivity contribution in [1.82, 2.24) is 20.3 Å². The highest BCUT2D eigenvalue weighted by Gasteiger charge is 2.08. The van der Waals surface area contributed by atoms with Crippen molar-refractivity contribution in [3.05, 3.63) is 34.6 Å². The zero-order chi connectivity index (χ0) is 13.0. The second-order valence-corrected chi connectivity index (χ2v) is 4.59. The molecule has 1 aromatic carbocycles. The van der Waals surface area contributed by atoms with Crippen molar-refractivity contribution in [2.45, 2.75) is 13.5 Å². The molecule has 0 atom stereocenters. The average Bonchev–Trinajstić information content (AvgIpc) is 2.85. The lowest BCUT2D eigenvalue weighted by Gasteiger charge is -2.09. The largest absolute Gasteiger partial charge is 0.495 e. The molecule has 0 bridgehead atoms. The fraction of sp³-hybridized carbons (Fsp3) is 0.333. The fourth-order valence-corrected chi connectivity index (χ4v) is 2.04. The van der Waals surface area contributed by atoms with E-state index < -0.39 is 0 Å². The third-order valence-electron chi connectivity index (χ3n) is 2.56. The van der Waals surface area contributed by atoms with Gasteiger partial charge in [-0.05, 0) is 34.6 Å². The molecule has 0 aliphatic carbocycles. The van der Waals surface area contributed by atoms with Crippen LogP contribution in [0.5, 0.6) is 5.75 Å². The summed E-state index contributed by atoms with van der Waals surface area (Å²) < 4.78 is 8.00. The lowest BCUT2D eigenvalue weighted by Crippen LogP contribution is -2.15. The quantitative estimate of drug-likeness (QED) is 0.919. The van der Waals surface area contributed by atoms with Gasteiger partial charge in [0.15, 0.2) is 0 Å². The van der Waals surface area contributed by atoms with Gasteiger partial charge in [-0.1, -0.05) is 12.1 Å². The molecule has 0 spiro atoms. The van der Waals surface area contributed by atoms with Gasteiger partial charge in [-0.3, -0.25) is 0 Å². The van der Waals surface area contributed by atoms with E-state index in [1.165, 1.54) is 0 Å². The maximum absolute atomic E-state index is 5.28. The molecule has 0 fully saturated rings. The van der Waals surface area contributed by atoms with Gasteiger partial charge in [0.25, 0.3) is 0 Å². The van der Waals surface area contributed by atoms with E-state index in [9.17, 15) is 0 Å². The van der Waals surface area contributed by atoms with E-state index in [2.05, 4.69) is 38.5 Å². The first-order valence-electron chi connectivity index (χ1n) is 5.70. The number of aromatic nitrogens is 3. The second kappa shape index (κ2) is 5.97. The van der Waals surface area contributed by atoms with Gasteiger partial charge in [-0.15, -0.1) is 5.10 Å². The summed E-state index contributed by atoms with van der Waals surface area (Å²) in [6.07, 6.45) is 1.76. The fourth-order valence-electron chi connectivity index (χ4n) is 1.63. The zero-order valence-electron chi connectivity index (χ0n) is 10.4. The molecule has 6 heteroatoms. The Morgan fingerprint density at radius 3 is 3.00 bits per heavy atom. The Balaban J connectivity index is 2.33. The molecule has 0 unspecified atom stereocenters. The number of hydrogen-bond donors (Lipinski definition) is 1. The van der Waals surface area contributed by atoms with E-state index >= 15 is 0 Å². The van der Waals surface area contributed by atoms with Crippen molar-refractivity contribution < 1.29 is 4.74 Å². The molecule has 18 heavy (non-hydrogen) atoms. The van der Waals surface area contributed by atoms with E-state index in [0.717, 1.165) is 34.7 Å². The maximum atomic E-state index is 5.28. The Morgan fingerprint density at radius 1 is 1.44 bits per heavy atom. The summed E-state index contributed by atoms with van der Waals surface area (Å²) in [6, 6.07) is 5.83. The van der Waals surface area contributed by atoms with Gasteiger partial charge >= 0.3 is 0 Å². The standard InChI is InChI=1S/C12H15BrN4O/c1-3-14-7-10-8-15-16-17(10)9-4-5-11(13)12(6-9)18-2/h4-6,8,14H,3,7H2,1-2H3. The summed E-state index contributed by atoms with van der Waals surface area (Å²) in [4.78, 5) is 0. The van der Waals surface area contributed by atoms with Crippen LogP contribution in [-0.4, -0.2) is 28.6 Å². The Kier molecular flexibility index (Phi) is 4.33. The highest BCUT2D eigenvalue weighted by Crippen LogP contribution is 2.27. The number of methoxy groups -OCH3 is 1. The van der Waals surface area contributed by atoms with Gasteiger partial charge < -0.3 is 10.1 Å². The zero-order valence-corrected chi connectivity index (χ0v) is 11.9. The molecule has 1 aromatic heterocycles. The second-order valence-electron chi connectivity index (χ2n) is 3.74. The van der Waals surface area contributed by atoms with Crippen LogP contribution in [-0.2, 0) is 6.54 Å². The summed E-state index contributed by atoms with van der Waals surface area (Å²) >= 11 is 3.43. The van der Waals surface area contributed by atoms with Crippen molar-refractivity contribution in [1.29, 1.82) is 0 Å². The van der Waals surface area contributed by atoms with Crippen molar-refractivity contribution >= 4 is 15.9 Å². The van der Waals surface area contributed by atoms with Crippen LogP contribution in [0.15, 0.2) is 28.9 Å². The summed E-state index contributed by atoms with van der Waals surface area (Å²) in [5.74, 6) is 0.775. The minimum Gasteiger partial charge on any atom is -0.495 e. The number of hydrogen-bond acceptors (Lipinski definition) is 4. The molecule has 96 valence electrons. The third-order valence-corrected chi connectivity index (χ3v) is 3.21. The molecule has 1 N–H and O–H groups in total. The Bertz CT molecular complexity index is 527. The molecular formula is C12H15BrN4O. The van der Waals surface area contributed by atoms with Crippen molar-refractivity contribution in [2.75, 3.05) is 13.7 Å². The topological polar surface area (TPSA) is 52.0 Å². The van der Waals surface area contributed by atoms with Crippen molar-refractivity contribution in [3.8, 4) is 11.4 Å². The molecule has 5 nitrogen and oxygen atoms in total. The van der Waals surface area contributed by atoms with Crippen LogP contribution in [0.3, 0.4) is 0 Å². The molecule has 0 saturated heterocycles. The lowest BCUT2D eigenvalue weighted by molar-refractivity contribution is 0.411. The van der Waals surface area contributed by atoms with Crippen LogP contribution in [0.4, 0.5) is 0 Å². The highest BCUT2D eigenvalue weighted by molar-refractivity contribution is 9.10. The smallest absolute Gasteiger partial charge is 0.135 e. The van der Waals surface area contributed by atoms with E-state index in [4.69, 9.17) is 4.74 Å². The van der Waals surface area contributed by atoms with Crippen molar-refractivity contribution in [2.24, 2.45) is 0 Å². The number of nitrogens with one attached hydrogen (secondary N) is 1. The number of nitrogens with zero attached hydrogens (tertiary/aromatic N) is 3. The summed E-state index contributed by atoms with van der Waals surface area (Å²) in [5, 5.41) is 11.3. The van der Waals surface area contributed by atoms with E-state index in [1.54, 1.807) is 18.0 Å². The SMILES string of the molecule is CCNCc1cnnn1-c1ccc(Br)c(OC)c1. The normalized spacial score (nSPS) is 10.6. The van der Waals surface area contributed by atoms with E-state index in [1.807, 2.05) is 18.2 Å². The lowest BCUT2D eigenvalue weighted by atomic mass is 10.3. The maximum Gasteiger partial charge on any atom is 0.135 e. The highest BCUT2D eigenvalue weighted by atomic mass is 79.9. The number of ether oxygens (including phenoxy) is 1. The predicted molar refractivity (Wildman–Crippen MR) is 73.0 cm³/mol. The first-order chi connectivity index (χ1) is 8.76. The minimum atomic E-state index is 0.738. The third kappa shape index (κ3) is 2.70. The van der Waals surface area contributed by atoms with Crippen LogP contribution in [0.2, 0.25) is 0 Å². The monoisotopic (exact) mass is 310 g/mol. The van der Waals surface area contributed by atoms with Crippen LogP contribution in [0.25, 0.3) is 5.69 Å². The Labute approximate surface area is 114 Å². The molecule has 0 aliphatic heterocycles. The van der Waals surface area contributed by atoms with Crippen LogP contribution < -0.4 is 10.1 Å². The van der Waals surface area contributed by atoms with Gasteiger partial charge in [-0.2, -0.15) is 0 Å². The van der Waals surface area contributed by atoms with Gasteiger partial charge in [0.05, 0.1) is 29.2 Å². The van der Waals surface area contributed by atoms with Gasteiger partial charge in [-0.25, -0.2) is 4.68 Å². The summed E-state index contributed by atoms with van der Waals surface area (Å²) in [5.41, 5.74) is 1.95. The first kappa shape index (κ1) is 13.0.